The minimum Gasteiger partial charge on any atom is -0.390 e. The predicted octanol–water partition coefficient (Wildman–Crippen LogP) is 1.86. The minimum absolute atomic E-state index is 0.0878. The van der Waals surface area contributed by atoms with Crippen molar-refractivity contribution in [3.8, 4) is 0 Å². The highest BCUT2D eigenvalue weighted by Crippen LogP contribution is 2.43. The molecule has 5 rings (SSSR count). The zero-order valence-corrected chi connectivity index (χ0v) is 18.3. The van der Waals surface area contributed by atoms with Crippen LogP contribution in [-0.2, 0) is 0 Å². The summed E-state index contributed by atoms with van der Waals surface area (Å²) < 4.78 is 15.1. The Balaban J connectivity index is 1.46. The summed E-state index contributed by atoms with van der Waals surface area (Å²) in [5, 5.41) is 42.7. The monoisotopic (exact) mass is 460 g/mol. The molecule has 0 saturated heterocycles. The van der Waals surface area contributed by atoms with E-state index in [-0.39, 0.29) is 24.2 Å². The highest BCUT2D eigenvalue weighted by atomic mass is 32.2. The van der Waals surface area contributed by atoms with Crippen LogP contribution in [0.3, 0.4) is 0 Å². The number of fused-ring (bicyclic) bond motifs is 1. The summed E-state index contributed by atoms with van der Waals surface area (Å²) in [5.74, 6) is 1.31. The van der Waals surface area contributed by atoms with Crippen LogP contribution in [0.2, 0.25) is 0 Å². The van der Waals surface area contributed by atoms with E-state index in [0.29, 0.717) is 22.1 Å². The number of nitrogens with one attached hydrogen (secondary N) is 1. The fourth-order valence-electron chi connectivity index (χ4n) is 4.25. The first-order chi connectivity index (χ1) is 15.5. The fraction of sp³-hybridized carbons (Fsp3) is 0.524. The van der Waals surface area contributed by atoms with Crippen molar-refractivity contribution in [3.05, 3.63) is 35.6 Å². The van der Waals surface area contributed by atoms with E-state index in [4.69, 9.17) is 0 Å². The minimum atomic E-state index is -1.24. The molecule has 3 aromatic rings. The maximum absolute atomic E-state index is 13.6. The van der Waals surface area contributed by atoms with Crippen LogP contribution >= 0.6 is 11.8 Å². The van der Waals surface area contributed by atoms with Gasteiger partial charge in [-0.25, -0.2) is 19.0 Å². The van der Waals surface area contributed by atoms with Crippen molar-refractivity contribution in [1.29, 1.82) is 0 Å². The summed E-state index contributed by atoms with van der Waals surface area (Å²) in [4.78, 5) is 9.25. The third-order valence-corrected chi connectivity index (χ3v) is 7.12. The zero-order valence-electron chi connectivity index (χ0n) is 17.5. The molecule has 2 saturated carbocycles. The van der Waals surface area contributed by atoms with Crippen LogP contribution < -0.4 is 5.32 Å². The van der Waals surface area contributed by atoms with Crippen molar-refractivity contribution >= 4 is 28.7 Å². The van der Waals surface area contributed by atoms with E-state index < -0.39 is 24.4 Å². The average molecular weight is 461 g/mol. The number of halogens is 1. The molecule has 0 amide bonds. The lowest BCUT2D eigenvalue weighted by Crippen LogP contribution is -2.31. The molecule has 4 N–H and O–H groups in total. The Morgan fingerprint density at radius 1 is 1.19 bits per heavy atom. The highest BCUT2D eigenvalue weighted by Gasteiger charge is 2.44. The summed E-state index contributed by atoms with van der Waals surface area (Å²) in [6.07, 6.45) is -1.51. The van der Waals surface area contributed by atoms with Crippen LogP contribution in [0.5, 0.6) is 0 Å². The Bertz CT molecular complexity index is 1130. The molecule has 170 valence electrons. The number of aliphatic hydroxyl groups excluding tert-OH is 3. The smallest absolute Gasteiger partial charge is 0.191 e. The second-order valence-corrected chi connectivity index (χ2v) is 9.47. The topological polar surface area (TPSA) is 129 Å². The lowest BCUT2D eigenvalue weighted by atomic mass is 10.1. The molecule has 1 aromatic carbocycles. The lowest BCUT2D eigenvalue weighted by molar-refractivity contribution is -0.0253. The molecule has 32 heavy (non-hydrogen) atoms. The number of thioether (sulfide) groups is 1. The standard InChI is InChI=1S/C21H25FN6O3S/c1-2-6-32-21-24-19(23-13-8-12(13)10-4-3-5-11(22)7-10)16-20(25-21)28(27-26-16)14-9-15(29)18(31)17(14)30/h3-5,7,12-15,17-18,29-31H,2,6,8-9H2,1H3,(H,23,24,25). The molecule has 6 atom stereocenters. The molecule has 6 unspecified atom stereocenters. The molecule has 0 bridgehead atoms. The Morgan fingerprint density at radius 2 is 2.03 bits per heavy atom. The van der Waals surface area contributed by atoms with E-state index in [9.17, 15) is 19.7 Å². The molecule has 2 aliphatic carbocycles. The summed E-state index contributed by atoms with van der Waals surface area (Å²) in [6, 6.07) is 6.07. The van der Waals surface area contributed by atoms with Gasteiger partial charge in [0.1, 0.15) is 18.0 Å². The average Bonchev–Trinajstić information content (AvgIpc) is 3.35. The first-order valence-electron chi connectivity index (χ1n) is 10.8. The Hall–Kier alpha value is -2.34. The van der Waals surface area contributed by atoms with E-state index >= 15 is 0 Å². The van der Waals surface area contributed by atoms with Crippen LogP contribution in [0.1, 0.15) is 43.7 Å². The third-order valence-electron chi connectivity index (χ3n) is 6.06. The molecular weight excluding hydrogens is 435 g/mol. The summed E-state index contributed by atoms with van der Waals surface area (Å²) in [6.45, 7) is 2.07. The van der Waals surface area contributed by atoms with Gasteiger partial charge < -0.3 is 20.6 Å². The van der Waals surface area contributed by atoms with Gasteiger partial charge in [-0.3, -0.25) is 0 Å². The SMILES string of the molecule is CCCSc1nc(NC2CC2c2cccc(F)c2)c2nnn(C3CC(O)C(O)C3O)c2n1. The van der Waals surface area contributed by atoms with Gasteiger partial charge in [0.25, 0.3) is 0 Å². The normalized spacial score (nSPS) is 29.5. The van der Waals surface area contributed by atoms with Gasteiger partial charge in [0.2, 0.25) is 0 Å². The van der Waals surface area contributed by atoms with Gasteiger partial charge in [0.15, 0.2) is 22.1 Å². The number of hydrogen-bond acceptors (Lipinski definition) is 9. The van der Waals surface area contributed by atoms with Crippen LogP contribution in [-0.4, -0.2) is 70.4 Å². The molecule has 11 heteroatoms. The van der Waals surface area contributed by atoms with Gasteiger partial charge >= 0.3 is 0 Å². The molecular formula is C21H25FN6O3S. The first kappa shape index (κ1) is 21.5. The van der Waals surface area contributed by atoms with E-state index in [1.54, 1.807) is 12.1 Å². The fourth-order valence-corrected chi connectivity index (χ4v) is 4.95. The number of rotatable bonds is 7. The van der Waals surface area contributed by atoms with Crippen LogP contribution in [0.4, 0.5) is 10.2 Å². The van der Waals surface area contributed by atoms with Gasteiger partial charge in [-0.15, -0.1) is 5.10 Å². The molecule has 2 aromatic heterocycles. The van der Waals surface area contributed by atoms with Gasteiger partial charge in [0, 0.05) is 24.1 Å². The van der Waals surface area contributed by atoms with Gasteiger partial charge in [-0.2, -0.15) is 0 Å². The number of anilines is 1. The predicted molar refractivity (Wildman–Crippen MR) is 117 cm³/mol. The second kappa shape index (κ2) is 8.54. The Labute approximate surface area is 188 Å². The van der Waals surface area contributed by atoms with Crippen molar-refractivity contribution < 1.29 is 19.7 Å². The van der Waals surface area contributed by atoms with E-state index in [0.717, 1.165) is 24.2 Å². The van der Waals surface area contributed by atoms with Crippen LogP contribution in [0.15, 0.2) is 29.4 Å². The van der Waals surface area contributed by atoms with Crippen LogP contribution in [0.25, 0.3) is 11.2 Å². The molecule has 0 spiro atoms. The summed E-state index contributed by atoms with van der Waals surface area (Å²) >= 11 is 1.51. The second-order valence-electron chi connectivity index (χ2n) is 8.41. The Kier molecular flexibility index (Phi) is 5.74. The lowest BCUT2D eigenvalue weighted by Gasteiger charge is -2.16. The van der Waals surface area contributed by atoms with Crippen molar-refractivity contribution in [1.82, 2.24) is 25.0 Å². The maximum atomic E-state index is 13.6. The maximum Gasteiger partial charge on any atom is 0.191 e. The number of hydrogen-bond donors (Lipinski definition) is 4. The first-order valence-corrected chi connectivity index (χ1v) is 11.8. The quantitative estimate of drug-likeness (QED) is 0.308. The van der Waals surface area contributed by atoms with Gasteiger partial charge in [-0.1, -0.05) is 36.0 Å². The third kappa shape index (κ3) is 3.94. The van der Waals surface area contributed by atoms with E-state index in [1.807, 2.05) is 6.07 Å². The molecule has 2 aliphatic rings. The zero-order chi connectivity index (χ0) is 22.4. The van der Waals surface area contributed by atoms with Crippen molar-refractivity contribution in [2.24, 2.45) is 0 Å². The molecule has 9 nitrogen and oxygen atoms in total. The molecule has 2 heterocycles. The number of aliphatic hydroxyl groups is 3. The summed E-state index contributed by atoms with van der Waals surface area (Å²) in [5.41, 5.74) is 1.84. The summed E-state index contributed by atoms with van der Waals surface area (Å²) in [7, 11) is 0. The highest BCUT2D eigenvalue weighted by molar-refractivity contribution is 7.99. The van der Waals surface area contributed by atoms with Crippen molar-refractivity contribution in [3.63, 3.8) is 0 Å². The number of aromatic nitrogens is 5. The van der Waals surface area contributed by atoms with E-state index in [2.05, 4.69) is 32.5 Å². The number of nitrogens with zero attached hydrogens (tertiary/aromatic N) is 5. The molecule has 0 radical (unpaired) electrons. The van der Waals surface area contributed by atoms with Crippen LogP contribution in [0, 0.1) is 5.82 Å². The van der Waals surface area contributed by atoms with Crippen molar-refractivity contribution in [2.45, 2.75) is 67.7 Å². The molecule has 2 fully saturated rings. The van der Waals surface area contributed by atoms with Gasteiger partial charge in [-0.05, 0) is 30.5 Å². The largest absolute Gasteiger partial charge is 0.390 e. The van der Waals surface area contributed by atoms with E-state index in [1.165, 1.54) is 22.5 Å². The molecule has 0 aliphatic heterocycles. The Morgan fingerprint density at radius 3 is 2.75 bits per heavy atom. The number of benzene rings is 1. The van der Waals surface area contributed by atoms with Gasteiger partial charge in [0.05, 0.1) is 12.1 Å². The van der Waals surface area contributed by atoms with Crippen molar-refractivity contribution in [2.75, 3.05) is 11.1 Å².